The minimum Gasteiger partial charge on any atom is -0.455 e. The van der Waals surface area contributed by atoms with Crippen LogP contribution in [0.1, 0.15) is 54.0 Å². The van der Waals surface area contributed by atoms with Gasteiger partial charge in [-0.05, 0) is 58.6 Å². The summed E-state index contributed by atoms with van der Waals surface area (Å²) >= 11 is 3.71. The number of para-hydroxylation sites is 1. The van der Waals surface area contributed by atoms with Gasteiger partial charge in [0.1, 0.15) is 11.3 Å². The molecule has 2 aromatic carbocycles. The first-order valence-electron chi connectivity index (χ1n) is 10.7. The van der Waals surface area contributed by atoms with Crippen molar-refractivity contribution in [3.05, 3.63) is 69.5 Å². The van der Waals surface area contributed by atoms with E-state index < -0.39 is 0 Å². The van der Waals surface area contributed by atoms with Crippen LogP contribution in [-0.4, -0.2) is 16.1 Å². The number of nitrogen functional groups attached to an aromatic ring is 1. The average Bonchev–Trinajstić information content (AvgIpc) is 3.29. The number of hydrogen-bond acceptors (Lipinski definition) is 4. The summed E-state index contributed by atoms with van der Waals surface area (Å²) in [6.07, 6.45) is 4.46. The van der Waals surface area contributed by atoms with E-state index in [-0.39, 0.29) is 0 Å². The number of nitrogens with two attached hydrogens (primary N) is 1. The number of carbonyl (C=O) groups excluding carboxylic acids is 1. The van der Waals surface area contributed by atoms with Gasteiger partial charge in [-0.3, -0.25) is 9.48 Å². The maximum Gasteiger partial charge on any atom is 0.168 e. The molecule has 4 aromatic rings. The normalized spacial score (nSPS) is 11.3. The number of hydrogen-bond donors (Lipinski definition) is 1. The number of carbonyl (C=O) groups is 1. The van der Waals surface area contributed by atoms with Crippen molar-refractivity contribution in [1.29, 1.82) is 0 Å². The molecule has 0 saturated heterocycles. The van der Waals surface area contributed by atoms with Crippen molar-refractivity contribution in [2.75, 3.05) is 5.73 Å². The summed E-state index contributed by atoms with van der Waals surface area (Å²) in [5.41, 5.74) is 12.3. The Bertz CT molecular complexity index is 1240. The Morgan fingerprint density at radius 3 is 2.71 bits per heavy atom. The third-order valence-electron chi connectivity index (χ3n) is 5.63. The molecule has 0 atom stereocenters. The highest BCUT2D eigenvalue weighted by molar-refractivity contribution is 9.10. The van der Waals surface area contributed by atoms with Crippen molar-refractivity contribution in [2.45, 2.75) is 46.1 Å². The third-order valence-corrected chi connectivity index (χ3v) is 6.41. The summed E-state index contributed by atoms with van der Waals surface area (Å²) < 4.78 is 8.86. The maximum absolute atomic E-state index is 11.9. The number of halogens is 1. The molecule has 31 heavy (non-hydrogen) atoms. The molecule has 4 rings (SSSR count). The molecule has 0 aliphatic heterocycles. The number of aryl methyl sites for hydroxylation is 2. The predicted octanol–water partition coefficient (Wildman–Crippen LogP) is 6.41. The number of nitrogens with zero attached hydrogens (tertiary/aromatic N) is 2. The first-order chi connectivity index (χ1) is 15.1. The third kappa shape index (κ3) is 4.04. The quantitative estimate of drug-likeness (QED) is 0.234. The van der Waals surface area contributed by atoms with Gasteiger partial charge in [0.15, 0.2) is 12.0 Å². The predicted molar refractivity (Wildman–Crippen MR) is 128 cm³/mol. The largest absolute Gasteiger partial charge is 0.455 e. The van der Waals surface area contributed by atoms with Crippen molar-refractivity contribution >= 4 is 38.9 Å². The first kappa shape index (κ1) is 21.4. The Morgan fingerprint density at radius 2 is 2.00 bits per heavy atom. The Kier molecular flexibility index (Phi) is 6.28. The summed E-state index contributed by atoms with van der Waals surface area (Å²) in [6.45, 7) is 4.99. The summed E-state index contributed by atoms with van der Waals surface area (Å²) in [5.74, 6) is 0.723. The molecule has 5 nitrogen and oxygen atoms in total. The molecule has 160 valence electrons. The monoisotopic (exact) mass is 479 g/mol. The highest BCUT2D eigenvalue weighted by atomic mass is 79.9. The van der Waals surface area contributed by atoms with E-state index in [1.54, 1.807) is 0 Å². The Labute approximate surface area is 190 Å². The van der Waals surface area contributed by atoms with Gasteiger partial charge in [-0.25, -0.2) is 0 Å². The second kappa shape index (κ2) is 9.10. The molecule has 0 unspecified atom stereocenters. The average molecular weight is 480 g/mol. The number of fused-ring (bicyclic) bond motifs is 1. The van der Waals surface area contributed by atoms with E-state index in [0.717, 1.165) is 75.7 Å². The van der Waals surface area contributed by atoms with Crippen molar-refractivity contribution in [3.8, 4) is 11.3 Å². The van der Waals surface area contributed by atoms with Gasteiger partial charge in [-0.2, -0.15) is 5.10 Å². The fourth-order valence-corrected chi connectivity index (χ4v) is 4.56. The molecule has 2 N–H and O–H groups in total. The Hall–Kier alpha value is -2.86. The number of unbranched alkanes of at least 4 members (excludes halogenated alkanes) is 1. The van der Waals surface area contributed by atoms with Crippen LogP contribution >= 0.6 is 15.9 Å². The molecule has 6 heteroatoms. The van der Waals surface area contributed by atoms with Gasteiger partial charge in [-0.15, -0.1) is 0 Å². The summed E-state index contributed by atoms with van der Waals surface area (Å²) in [7, 11) is 0. The summed E-state index contributed by atoms with van der Waals surface area (Å²) in [4.78, 5) is 11.9. The number of rotatable bonds is 8. The van der Waals surface area contributed by atoms with E-state index in [0.29, 0.717) is 17.8 Å². The zero-order valence-corrected chi connectivity index (χ0v) is 19.4. The van der Waals surface area contributed by atoms with Crippen LogP contribution in [-0.2, 0) is 19.4 Å². The molecular weight excluding hydrogens is 454 g/mol. The van der Waals surface area contributed by atoms with E-state index in [4.69, 9.17) is 15.2 Å². The molecule has 0 saturated carbocycles. The van der Waals surface area contributed by atoms with Crippen molar-refractivity contribution in [3.63, 3.8) is 0 Å². The SMILES string of the molecule is CCCCn1nc(CC)c(Cc2ccc3oc(-c4ccccc4N)c(Br)c3c2)c1C=O. The lowest BCUT2D eigenvalue weighted by molar-refractivity contribution is 0.111. The van der Waals surface area contributed by atoms with E-state index in [1.807, 2.05) is 41.1 Å². The minimum absolute atomic E-state index is 0.653. The lowest BCUT2D eigenvalue weighted by Gasteiger charge is -2.05. The number of benzene rings is 2. The molecule has 0 spiro atoms. The fourth-order valence-electron chi connectivity index (χ4n) is 3.96. The van der Waals surface area contributed by atoms with E-state index >= 15 is 0 Å². The number of aldehydes is 1. The van der Waals surface area contributed by atoms with Crippen molar-refractivity contribution in [2.24, 2.45) is 0 Å². The van der Waals surface area contributed by atoms with E-state index in [9.17, 15) is 4.79 Å². The summed E-state index contributed by atoms with van der Waals surface area (Å²) in [5, 5.41) is 5.70. The van der Waals surface area contributed by atoms with Crippen LogP contribution < -0.4 is 5.73 Å². The Balaban J connectivity index is 1.73. The van der Waals surface area contributed by atoms with Gasteiger partial charge < -0.3 is 10.2 Å². The lowest BCUT2D eigenvalue weighted by Crippen LogP contribution is -2.05. The minimum atomic E-state index is 0.653. The highest BCUT2D eigenvalue weighted by Gasteiger charge is 2.19. The molecule has 0 aliphatic carbocycles. The number of furan rings is 1. The van der Waals surface area contributed by atoms with Gasteiger partial charge in [0.25, 0.3) is 0 Å². The van der Waals surface area contributed by atoms with Crippen LogP contribution in [0, 0.1) is 0 Å². The zero-order valence-electron chi connectivity index (χ0n) is 17.8. The van der Waals surface area contributed by atoms with E-state index in [1.165, 1.54) is 0 Å². The van der Waals surface area contributed by atoms with Crippen LogP contribution in [0.4, 0.5) is 5.69 Å². The van der Waals surface area contributed by atoms with Crippen molar-refractivity contribution < 1.29 is 9.21 Å². The van der Waals surface area contributed by atoms with E-state index in [2.05, 4.69) is 35.8 Å². The molecule has 2 aromatic heterocycles. The van der Waals surface area contributed by atoms with Crippen molar-refractivity contribution in [1.82, 2.24) is 9.78 Å². The van der Waals surface area contributed by atoms with Crippen LogP contribution in [0.3, 0.4) is 0 Å². The topological polar surface area (TPSA) is 74.1 Å². The highest BCUT2D eigenvalue weighted by Crippen LogP contribution is 2.40. The molecular formula is C25H26BrN3O2. The lowest BCUT2D eigenvalue weighted by atomic mass is 10.0. The van der Waals surface area contributed by atoms with Gasteiger partial charge in [0.2, 0.25) is 0 Å². The standard InChI is InChI=1S/C25H26BrN3O2/c1-3-5-12-29-22(15-30)18(21(4-2)28-29)13-16-10-11-23-19(14-16)24(26)25(31-23)17-8-6-7-9-20(17)27/h6-11,14-15H,3-5,12-13,27H2,1-2H3. The van der Waals surface area contributed by atoms with Crippen LogP contribution in [0.15, 0.2) is 51.4 Å². The van der Waals surface area contributed by atoms with Crippen LogP contribution in [0.2, 0.25) is 0 Å². The fraction of sp³-hybridized carbons (Fsp3) is 0.280. The Morgan fingerprint density at radius 1 is 1.19 bits per heavy atom. The maximum atomic E-state index is 11.9. The number of anilines is 1. The first-order valence-corrected chi connectivity index (χ1v) is 11.5. The number of aromatic nitrogens is 2. The second-order valence-electron chi connectivity index (χ2n) is 7.70. The van der Waals surface area contributed by atoms with Gasteiger partial charge in [-0.1, -0.05) is 38.5 Å². The molecule has 2 heterocycles. The van der Waals surface area contributed by atoms with Crippen LogP contribution in [0.25, 0.3) is 22.3 Å². The molecule has 0 fully saturated rings. The zero-order chi connectivity index (χ0) is 22.0. The van der Waals surface area contributed by atoms with Gasteiger partial charge in [0, 0.05) is 35.2 Å². The smallest absolute Gasteiger partial charge is 0.168 e. The molecule has 0 aliphatic rings. The van der Waals surface area contributed by atoms with Gasteiger partial charge in [0.05, 0.1) is 10.2 Å². The summed E-state index contributed by atoms with van der Waals surface area (Å²) in [6, 6.07) is 13.8. The molecule has 0 radical (unpaired) electrons. The van der Waals surface area contributed by atoms with Gasteiger partial charge >= 0.3 is 0 Å². The second-order valence-corrected chi connectivity index (χ2v) is 8.49. The van der Waals surface area contributed by atoms with Crippen LogP contribution in [0.5, 0.6) is 0 Å². The molecule has 0 amide bonds. The molecule has 0 bridgehead atoms.